The topological polar surface area (TPSA) is 94.9 Å². The Morgan fingerprint density at radius 3 is 1.39 bits per heavy atom. The molecule has 0 unspecified atom stereocenters. The lowest BCUT2D eigenvalue weighted by Gasteiger charge is -2.44. The van der Waals surface area contributed by atoms with E-state index in [0.717, 1.165) is 16.7 Å². The highest BCUT2D eigenvalue weighted by atomic mass is 16.4. The molecule has 6 heteroatoms. The van der Waals surface area contributed by atoms with Crippen molar-refractivity contribution in [3.8, 4) is 0 Å². The van der Waals surface area contributed by atoms with E-state index in [4.69, 9.17) is 0 Å². The van der Waals surface area contributed by atoms with Gasteiger partial charge in [0.05, 0.1) is 0 Å². The van der Waals surface area contributed by atoms with Gasteiger partial charge in [-0.1, -0.05) is 91.0 Å². The fourth-order valence-electron chi connectivity index (χ4n) is 3.96. The van der Waals surface area contributed by atoms with Crippen molar-refractivity contribution in [3.63, 3.8) is 0 Å². The molecule has 1 amide bonds. The Kier molecular flexibility index (Phi) is 6.82. The van der Waals surface area contributed by atoms with E-state index in [0.29, 0.717) is 6.41 Å². The maximum atomic E-state index is 12.5. The van der Waals surface area contributed by atoms with Crippen LogP contribution in [-0.2, 0) is 19.9 Å². The number of carboxylic acid groups (broad SMARTS) is 2. The number of aliphatic carboxylic acids is 2. The van der Waals surface area contributed by atoms with Crippen molar-refractivity contribution < 1.29 is 24.6 Å². The number of carboxylic acids is 2. The van der Waals surface area contributed by atoms with Crippen LogP contribution in [-0.4, -0.2) is 40.0 Å². The normalized spacial score (nSPS) is 11.1. The first kappa shape index (κ1) is 21.8. The van der Waals surface area contributed by atoms with E-state index >= 15 is 0 Å². The summed E-state index contributed by atoms with van der Waals surface area (Å²) >= 11 is 0. The Bertz CT molecular complexity index is 911. The number of nitrogens with zero attached hydrogens (tertiary/aromatic N) is 1. The van der Waals surface area contributed by atoms with Gasteiger partial charge in [0, 0.05) is 6.54 Å². The van der Waals surface area contributed by atoms with E-state index in [1.165, 1.54) is 4.90 Å². The average Bonchev–Trinajstić information content (AvgIpc) is 2.80. The van der Waals surface area contributed by atoms with E-state index in [-0.39, 0.29) is 13.0 Å². The minimum atomic E-state index is -1.61. The van der Waals surface area contributed by atoms with Crippen molar-refractivity contribution in [3.05, 3.63) is 108 Å². The smallest absolute Gasteiger partial charge is 0.317 e. The first-order valence-electron chi connectivity index (χ1n) is 9.86. The summed E-state index contributed by atoms with van der Waals surface area (Å²) in [5.41, 5.74) is 1.36. The van der Waals surface area contributed by atoms with Gasteiger partial charge < -0.3 is 15.1 Å². The van der Waals surface area contributed by atoms with Crippen molar-refractivity contribution in [1.82, 2.24) is 4.90 Å². The molecular weight excluding hydrogens is 394 g/mol. The molecule has 31 heavy (non-hydrogen) atoms. The highest BCUT2D eigenvalue weighted by molar-refractivity contribution is 5.92. The highest BCUT2D eigenvalue weighted by Gasteiger charge is 2.42. The van der Waals surface area contributed by atoms with E-state index in [1.807, 2.05) is 91.0 Å². The summed E-state index contributed by atoms with van der Waals surface area (Å²) in [6, 6.07) is 28.3. The predicted molar refractivity (Wildman–Crippen MR) is 115 cm³/mol. The maximum absolute atomic E-state index is 12.5. The Labute approximate surface area is 180 Å². The van der Waals surface area contributed by atoms with E-state index in [9.17, 15) is 24.6 Å². The average molecular weight is 417 g/mol. The van der Waals surface area contributed by atoms with Gasteiger partial charge in [0.1, 0.15) is 5.54 Å². The molecule has 0 aliphatic rings. The predicted octanol–water partition coefficient (Wildman–Crippen LogP) is 3.61. The van der Waals surface area contributed by atoms with Crippen molar-refractivity contribution in [2.45, 2.75) is 12.0 Å². The van der Waals surface area contributed by atoms with Crippen LogP contribution in [0.25, 0.3) is 0 Å². The first-order chi connectivity index (χ1) is 15.0. The summed E-state index contributed by atoms with van der Waals surface area (Å²) < 4.78 is 0. The number of amides is 1. The highest BCUT2D eigenvalue weighted by Crippen LogP contribution is 2.42. The summed E-state index contributed by atoms with van der Waals surface area (Å²) in [5.74, 6) is -4.46. The molecule has 0 spiro atoms. The summed E-state index contributed by atoms with van der Waals surface area (Å²) in [6.07, 6.45) is 0.436. The quantitative estimate of drug-likeness (QED) is 0.299. The number of carbonyl (C=O) groups excluding carboxylic acids is 1. The number of hydrogen-bond acceptors (Lipinski definition) is 3. The monoisotopic (exact) mass is 417 g/mol. The second-order valence-corrected chi connectivity index (χ2v) is 7.13. The Hall–Kier alpha value is -3.93. The second-order valence-electron chi connectivity index (χ2n) is 7.13. The molecule has 0 aromatic heterocycles. The minimum absolute atomic E-state index is 0.0640. The van der Waals surface area contributed by atoms with Crippen molar-refractivity contribution in [2.75, 3.05) is 6.54 Å². The van der Waals surface area contributed by atoms with Gasteiger partial charge in [0.25, 0.3) is 0 Å². The zero-order valence-corrected chi connectivity index (χ0v) is 16.8. The van der Waals surface area contributed by atoms with Gasteiger partial charge in [-0.2, -0.15) is 0 Å². The van der Waals surface area contributed by atoms with E-state index in [1.54, 1.807) is 0 Å². The number of rotatable bonds is 10. The third kappa shape index (κ3) is 4.33. The molecule has 3 aromatic carbocycles. The van der Waals surface area contributed by atoms with Gasteiger partial charge in [-0.15, -0.1) is 0 Å². The lowest BCUT2D eigenvalue weighted by Crippen LogP contribution is -2.48. The van der Waals surface area contributed by atoms with Crippen LogP contribution < -0.4 is 0 Å². The van der Waals surface area contributed by atoms with Crippen LogP contribution in [0.5, 0.6) is 0 Å². The van der Waals surface area contributed by atoms with Crippen molar-refractivity contribution in [2.24, 2.45) is 5.92 Å². The molecule has 2 N–H and O–H groups in total. The molecule has 0 aliphatic heterocycles. The Morgan fingerprint density at radius 2 is 1.10 bits per heavy atom. The molecule has 0 aliphatic carbocycles. The standard InChI is InChI=1S/C25H23NO5/c27-18-26(17-16-22(23(28)29)24(30)31)25(19-10-4-1-5-11-19,20-12-6-2-7-13-20)21-14-8-3-9-15-21/h1-15,18,22H,16-17H2,(H,28,29)(H,30,31). The van der Waals surface area contributed by atoms with Crippen LogP contribution in [0.4, 0.5) is 0 Å². The van der Waals surface area contributed by atoms with Crippen LogP contribution in [0.3, 0.4) is 0 Å². The molecule has 0 heterocycles. The zero-order chi connectivity index (χ0) is 22.3. The molecule has 3 rings (SSSR count). The summed E-state index contributed by atoms with van der Waals surface area (Å²) in [5, 5.41) is 18.6. The SMILES string of the molecule is O=CN(CCC(C(=O)O)C(=O)O)C(c1ccccc1)(c1ccccc1)c1ccccc1. The molecule has 3 aromatic rings. The molecule has 0 radical (unpaired) electrons. The second kappa shape index (κ2) is 9.71. The Morgan fingerprint density at radius 1 is 0.742 bits per heavy atom. The number of benzene rings is 3. The molecule has 6 nitrogen and oxygen atoms in total. The van der Waals surface area contributed by atoms with Gasteiger partial charge in [-0.25, -0.2) is 0 Å². The minimum Gasteiger partial charge on any atom is -0.481 e. The van der Waals surface area contributed by atoms with E-state index < -0.39 is 23.4 Å². The molecule has 158 valence electrons. The lowest BCUT2D eigenvalue weighted by atomic mass is 9.75. The largest absolute Gasteiger partial charge is 0.481 e. The summed E-state index contributed by atoms with van der Waals surface area (Å²) in [4.78, 5) is 36.8. The molecule has 0 fully saturated rings. The Balaban J connectivity index is 2.22. The fraction of sp³-hybridized carbons (Fsp3) is 0.160. The van der Waals surface area contributed by atoms with Crippen LogP contribution in [0.15, 0.2) is 91.0 Å². The summed E-state index contributed by atoms with van der Waals surface area (Å²) in [6.45, 7) is -0.0640. The molecular formula is C25H23NO5. The first-order valence-corrected chi connectivity index (χ1v) is 9.86. The van der Waals surface area contributed by atoms with Gasteiger partial charge in [0.2, 0.25) is 6.41 Å². The third-order valence-corrected chi connectivity index (χ3v) is 5.39. The maximum Gasteiger partial charge on any atom is 0.317 e. The van der Waals surface area contributed by atoms with Crippen LogP contribution in [0, 0.1) is 5.92 Å². The van der Waals surface area contributed by atoms with Gasteiger partial charge in [-0.3, -0.25) is 14.4 Å². The third-order valence-electron chi connectivity index (χ3n) is 5.39. The number of hydrogen-bond donors (Lipinski definition) is 2. The van der Waals surface area contributed by atoms with E-state index in [2.05, 4.69) is 0 Å². The molecule has 0 bridgehead atoms. The van der Waals surface area contributed by atoms with Gasteiger partial charge >= 0.3 is 11.9 Å². The fourth-order valence-corrected chi connectivity index (χ4v) is 3.96. The van der Waals surface area contributed by atoms with Gasteiger partial charge in [0.15, 0.2) is 5.92 Å². The molecule has 0 atom stereocenters. The van der Waals surface area contributed by atoms with Gasteiger partial charge in [-0.05, 0) is 23.1 Å². The zero-order valence-electron chi connectivity index (χ0n) is 16.8. The summed E-state index contributed by atoms with van der Waals surface area (Å²) in [7, 11) is 0. The van der Waals surface area contributed by atoms with Crippen LogP contribution in [0.1, 0.15) is 23.1 Å². The molecule has 0 saturated heterocycles. The van der Waals surface area contributed by atoms with Crippen molar-refractivity contribution in [1.29, 1.82) is 0 Å². The number of carbonyl (C=O) groups is 3. The molecule has 0 saturated carbocycles. The van der Waals surface area contributed by atoms with Crippen LogP contribution in [0.2, 0.25) is 0 Å². The van der Waals surface area contributed by atoms with Crippen LogP contribution >= 0.6 is 0 Å². The van der Waals surface area contributed by atoms with Crippen molar-refractivity contribution >= 4 is 18.3 Å². The lowest BCUT2D eigenvalue weighted by molar-refractivity contribution is -0.155.